The number of thiazole rings is 1. The highest BCUT2D eigenvalue weighted by Gasteiger charge is 2.12. The van der Waals surface area contributed by atoms with Crippen LogP contribution in [-0.4, -0.2) is 10.5 Å². The molecule has 0 radical (unpaired) electrons. The number of amides is 1. The van der Waals surface area contributed by atoms with Crippen molar-refractivity contribution < 1.29 is 4.79 Å². The summed E-state index contributed by atoms with van der Waals surface area (Å²) in [6.07, 6.45) is 1.84. The molecule has 0 N–H and O–H groups in total. The van der Waals surface area contributed by atoms with Crippen molar-refractivity contribution >= 4 is 38.2 Å². The van der Waals surface area contributed by atoms with Gasteiger partial charge in [-0.2, -0.15) is 4.99 Å². The predicted octanol–water partition coefficient (Wildman–Crippen LogP) is 5.40. The van der Waals surface area contributed by atoms with E-state index in [-0.39, 0.29) is 5.91 Å². The Morgan fingerprint density at radius 1 is 1.11 bits per heavy atom. The van der Waals surface area contributed by atoms with Crippen LogP contribution in [0.5, 0.6) is 0 Å². The van der Waals surface area contributed by atoms with E-state index in [0.717, 1.165) is 21.0 Å². The van der Waals surface area contributed by atoms with E-state index in [9.17, 15) is 4.79 Å². The maximum absolute atomic E-state index is 13.0. The molecule has 3 nitrogen and oxygen atoms in total. The zero-order chi connectivity index (χ0) is 19.0. The van der Waals surface area contributed by atoms with Gasteiger partial charge in [0.05, 0.1) is 10.2 Å². The number of carbonyl (C=O) groups excluding carboxylic acids is 1. The van der Waals surface area contributed by atoms with Crippen LogP contribution in [0.2, 0.25) is 0 Å². The molecule has 0 fully saturated rings. The molecule has 27 heavy (non-hydrogen) atoms. The summed E-state index contributed by atoms with van der Waals surface area (Å²) in [5.74, 6) is -0.218. The summed E-state index contributed by atoms with van der Waals surface area (Å²) < 4.78 is 3.19. The van der Waals surface area contributed by atoms with Crippen LogP contribution >= 0.6 is 11.3 Å². The lowest BCUT2D eigenvalue weighted by Gasteiger charge is -2.04. The number of aryl methyl sites for hydroxylation is 2. The molecule has 4 rings (SSSR count). The highest BCUT2D eigenvalue weighted by molar-refractivity contribution is 7.16. The van der Waals surface area contributed by atoms with Crippen LogP contribution in [0.3, 0.4) is 0 Å². The molecule has 1 amide bonds. The monoisotopic (exact) mass is 372 g/mol. The van der Waals surface area contributed by atoms with Gasteiger partial charge in [0, 0.05) is 12.1 Å². The highest BCUT2D eigenvalue weighted by atomic mass is 32.1. The number of nitrogens with zero attached hydrogens (tertiary/aromatic N) is 2. The molecule has 134 valence electrons. The first-order valence-electron chi connectivity index (χ1n) is 8.87. The van der Waals surface area contributed by atoms with E-state index in [0.29, 0.717) is 16.9 Å². The van der Waals surface area contributed by atoms with Crippen molar-refractivity contribution in [3.05, 3.63) is 88.7 Å². The fraction of sp³-hybridized carbons (Fsp3) is 0.130. The lowest BCUT2D eigenvalue weighted by Crippen LogP contribution is -2.16. The first-order chi connectivity index (χ1) is 13.1. The smallest absolute Gasteiger partial charge is 0.280 e. The van der Waals surface area contributed by atoms with Gasteiger partial charge < -0.3 is 4.57 Å². The standard InChI is InChI=1S/C23H20N2OS/c1-4-12-25-20-13-15(2)16(3)14-21(20)27-23(25)24-22(26)19-11-7-9-17-8-5-6-10-18(17)19/h4-11,13-14H,1,12H2,2-3H3. The van der Waals surface area contributed by atoms with E-state index in [1.807, 2.05) is 48.5 Å². The van der Waals surface area contributed by atoms with Crippen molar-refractivity contribution in [2.75, 3.05) is 0 Å². The third-order valence-electron chi connectivity index (χ3n) is 4.83. The van der Waals surface area contributed by atoms with Gasteiger partial charge in [0.1, 0.15) is 0 Å². The zero-order valence-corrected chi connectivity index (χ0v) is 16.2. The molecule has 1 aromatic heterocycles. The van der Waals surface area contributed by atoms with Gasteiger partial charge in [-0.3, -0.25) is 4.79 Å². The fourth-order valence-corrected chi connectivity index (χ4v) is 4.39. The number of hydrogen-bond acceptors (Lipinski definition) is 2. The normalized spacial score (nSPS) is 12.0. The van der Waals surface area contributed by atoms with Gasteiger partial charge in [-0.25, -0.2) is 0 Å². The number of hydrogen-bond donors (Lipinski definition) is 0. The van der Waals surface area contributed by atoms with E-state index < -0.39 is 0 Å². The van der Waals surface area contributed by atoms with Crippen molar-refractivity contribution in [2.24, 2.45) is 4.99 Å². The van der Waals surface area contributed by atoms with Gasteiger partial charge in [-0.1, -0.05) is 53.8 Å². The molecule has 0 saturated carbocycles. The average Bonchev–Trinajstić information content (AvgIpc) is 2.98. The third kappa shape index (κ3) is 3.13. The first kappa shape index (κ1) is 17.4. The van der Waals surface area contributed by atoms with Crippen molar-refractivity contribution in [1.29, 1.82) is 0 Å². The molecule has 0 atom stereocenters. The molecule has 0 bridgehead atoms. The Morgan fingerprint density at radius 3 is 2.67 bits per heavy atom. The van der Waals surface area contributed by atoms with Crippen LogP contribution in [0, 0.1) is 13.8 Å². The lowest BCUT2D eigenvalue weighted by atomic mass is 10.0. The van der Waals surface area contributed by atoms with Gasteiger partial charge >= 0.3 is 0 Å². The minimum atomic E-state index is -0.218. The summed E-state index contributed by atoms with van der Waals surface area (Å²) in [5, 5.41) is 1.97. The molecule has 4 aromatic rings. The molecule has 0 saturated heterocycles. The molecule has 0 spiro atoms. The molecule has 4 heteroatoms. The van der Waals surface area contributed by atoms with Gasteiger partial charge in [0.2, 0.25) is 0 Å². The molecular weight excluding hydrogens is 352 g/mol. The van der Waals surface area contributed by atoms with E-state index >= 15 is 0 Å². The molecule has 3 aromatic carbocycles. The number of allylic oxidation sites excluding steroid dienone is 1. The quantitative estimate of drug-likeness (QED) is 0.443. The Hall–Kier alpha value is -2.98. The Balaban J connectivity index is 1.92. The van der Waals surface area contributed by atoms with Crippen LogP contribution in [0.25, 0.3) is 21.0 Å². The second-order valence-corrected chi connectivity index (χ2v) is 7.64. The van der Waals surface area contributed by atoms with Crippen molar-refractivity contribution in [2.45, 2.75) is 20.4 Å². The number of benzene rings is 3. The summed E-state index contributed by atoms with van der Waals surface area (Å²) in [6, 6.07) is 18.0. The fourth-order valence-electron chi connectivity index (χ4n) is 3.27. The zero-order valence-electron chi connectivity index (χ0n) is 15.4. The Morgan fingerprint density at radius 2 is 1.85 bits per heavy atom. The Bertz CT molecular complexity index is 1260. The van der Waals surface area contributed by atoms with Gasteiger partial charge in [0.25, 0.3) is 5.91 Å². The maximum Gasteiger partial charge on any atom is 0.280 e. The van der Waals surface area contributed by atoms with Gasteiger partial charge in [0.15, 0.2) is 4.80 Å². The van der Waals surface area contributed by atoms with Crippen LogP contribution in [-0.2, 0) is 6.54 Å². The van der Waals surface area contributed by atoms with Crippen molar-refractivity contribution in [3.63, 3.8) is 0 Å². The lowest BCUT2D eigenvalue weighted by molar-refractivity contribution is 0.0999. The van der Waals surface area contributed by atoms with Crippen molar-refractivity contribution in [1.82, 2.24) is 4.57 Å². The second-order valence-electron chi connectivity index (χ2n) is 6.63. The van der Waals surface area contributed by atoms with E-state index in [2.05, 4.69) is 42.1 Å². The molecule has 1 heterocycles. The average molecular weight is 372 g/mol. The minimum Gasteiger partial charge on any atom is -0.312 e. The number of aromatic nitrogens is 1. The molecule has 0 unspecified atom stereocenters. The summed E-state index contributed by atoms with van der Waals surface area (Å²) in [7, 11) is 0. The highest BCUT2D eigenvalue weighted by Crippen LogP contribution is 2.23. The van der Waals surface area contributed by atoms with Gasteiger partial charge in [-0.05, 0) is 53.9 Å². The number of rotatable bonds is 3. The van der Waals surface area contributed by atoms with E-state index in [4.69, 9.17) is 0 Å². The second kappa shape index (κ2) is 6.97. The topological polar surface area (TPSA) is 34.4 Å². The van der Waals surface area contributed by atoms with Gasteiger partial charge in [-0.15, -0.1) is 6.58 Å². The minimum absolute atomic E-state index is 0.218. The van der Waals surface area contributed by atoms with Crippen LogP contribution in [0.4, 0.5) is 0 Å². The molecular formula is C23H20N2OS. The van der Waals surface area contributed by atoms with Crippen LogP contribution in [0.15, 0.2) is 72.2 Å². The van der Waals surface area contributed by atoms with E-state index in [1.165, 1.54) is 11.1 Å². The first-order valence-corrected chi connectivity index (χ1v) is 9.68. The summed E-state index contributed by atoms with van der Waals surface area (Å²) in [5.41, 5.74) is 4.18. The number of fused-ring (bicyclic) bond motifs is 2. The molecule has 0 aliphatic heterocycles. The third-order valence-corrected chi connectivity index (χ3v) is 5.87. The molecule has 0 aliphatic rings. The summed E-state index contributed by atoms with van der Waals surface area (Å²) in [4.78, 5) is 18.2. The Kier molecular flexibility index (Phi) is 4.50. The summed E-state index contributed by atoms with van der Waals surface area (Å²) >= 11 is 1.54. The largest absolute Gasteiger partial charge is 0.312 e. The predicted molar refractivity (Wildman–Crippen MR) is 113 cm³/mol. The maximum atomic E-state index is 13.0. The Labute approximate surface area is 161 Å². The molecule has 0 aliphatic carbocycles. The van der Waals surface area contributed by atoms with Crippen LogP contribution in [0.1, 0.15) is 21.5 Å². The van der Waals surface area contributed by atoms with Crippen molar-refractivity contribution in [3.8, 4) is 0 Å². The van der Waals surface area contributed by atoms with E-state index in [1.54, 1.807) is 11.3 Å². The summed E-state index contributed by atoms with van der Waals surface area (Å²) in [6.45, 7) is 8.68. The van der Waals surface area contributed by atoms with Crippen LogP contribution < -0.4 is 4.80 Å². The number of carbonyl (C=O) groups is 1. The SMILES string of the molecule is C=CCn1c(=NC(=O)c2cccc3ccccc23)sc2cc(C)c(C)cc21.